The fraction of sp³-hybridized carbons (Fsp3) is 0.423. The van der Waals surface area contributed by atoms with Gasteiger partial charge in [0.1, 0.15) is 17.3 Å². The minimum Gasteiger partial charge on any atom is -0.444 e. The Labute approximate surface area is 219 Å². The number of fused-ring (bicyclic) bond motifs is 1. The van der Waals surface area contributed by atoms with Gasteiger partial charge in [-0.05, 0) is 51.4 Å². The molecular weight excluding hydrogens is 494 g/mol. The summed E-state index contributed by atoms with van der Waals surface area (Å²) in [5.74, 6) is 0.669. The van der Waals surface area contributed by atoms with E-state index in [0.29, 0.717) is 29.6 Å². The Bertz CT molecular complexity index is 1410. The standard InChI is InChI=1S/C26H30ClN7O3/c1-5-34-23-17(14-33-10-9-19(15-33)30-25(35)36-26(2,3)4)12-28-21(16-7-6-8-18(27)11-16)22(23)31-24(34)20-13-29-37-32-20/h6-8,11-13,19H,5,9-10,14-15H2,1-4H3,(H,30,35)/t19-/m0/s1. The lowest BCUT2D eigenvalue weighted by Crippen LogP contribution is -2.40. The monoisotopic (exact) mass is 523 g/mol. The molecule has 194 valence electrons. The maximum Gasteiger partial charge on any atom is 0.407 e. The van der Waals surface area contributed by atoms with Crippen molar-refractivity contribution in [2.75, 3.05) is 13.1 Å². The number of carbonyl (C=O) groups is 1. The molecule has 0 unspecified atom stereocenters. The Balaban J connectivity index is 1.48. The summed E-state index contributed by atoms with van der Waals surface area (Å²) in [6.45, 7) is 10.5. The molecule has 1 aliphatic rings. The van der Waals surface area contributed by atoms with Crippen LogP contribution in [-0.2, 0) is 17.8 Å². The summed E-state index contributed by atoms with van der Waals surface area (Å²) >= 11 is 6.29. The number of carbonyl (C=O) groups excluding carboxylic acids is 1. The molecule has 0 bridgehead atoms. The van der Waals surface area contributed by atoms with E-state index in [4.69, 9.17) is 30.9 Å². The number of alkyl carbamates (subject to hydrolysis) is 1. The summed E-state index contributed by atoms with van der Waals surface area (Å²) in [5, 5.41) is 11.4. The molecule has 3 aromatic heterocycles. The van der Waals surface area contributed by atoms with Gasteiger partial charge in [0, 0.05) is 54.6 Å². The van der Waals surface area contributed by atoms with Crippen molar-refractivity contribution in [1.29, 1.82) is 0 Å². The van der Waals surface area contributed by atoms with Crippen molar-refractivity contribution < 1.29 is 14.2 Å². The molecule has 1 N–H and O–H groups in total. The summed E-state index contributed by atoms with van der Waals surface area (Å²) in [7, 11) is 0. The van der Waals surface area contributed by atoms with E-state index in [1.54, 1.807) is 6.20 Å². The number of hydrogen-bond acceptors (Lipinski definition) is 8. The lowest BCUT2D eigenvalue weighted by molar-refractivity contribution is 0.0505. The van der Waals surface area contributed by atoms with Gasteiger partial charge >= 0.3 is 6.09 Å². The van der Waals surface area contributed by atoms with E-state index in [1.165, 1.54) is 0 Å². The highest BCUT2D eigenvalue weighted by Crippen LogP contribution is 2.34. The second-order valence-corrected chi connectivity index (χ2v) is 10.6. The van der Waals surface area contributed by atoms with Crippen LogP contribution in [0.15, 0.2) is 41.3 Å². The molecule has 11 heteroatoms. The van der Waals surface area contributed by atoms with Crippen molar-refractivity contribution >= 4 is 28.7 Å². The van der Waals surface area contributed by atoms with E-state index in [0.717, 1.165) is 47.4 Å². The van der Waals surface area contributed by atoms with Gasteiger partial charge in [-0.3, -0.25) is 9.88 Å². The lowest BCUT2D eigenvalue weighted by Gasteiger charge is -2.22. The number of halogens is 1. The molecule has 0 spiro atoms. The molecule has 0 radical (unpaired) electrons. The lowest BCUT2D eigenvalue weighted by atomic mass is 10.1. The van der Waals surface area contributed by atoms with Gasteiger partial charge in [0.25, 0.3) is 0 Å². The Hall–Kier alpha value is -3.50. The molecule has 1 aliphatic heterocycles. The van der Waals surface area contributed by atoms with E-state index >= 15 is 0 Å². The molecule has 1 amide bonds. The first-order valence-corrected chi connectivity index (χ1v) is 12.7. The molecule has 1 atom stereocenters. The van der Waals surface area contributed by atoms with Gasteiger partial charge < -0.3 is 14.6 Å². The number of nitrogens with zero attached hydrogens (tertiary/aromatic N) is 6. The Kier molecular flexibility index (Phi) is 6.87. The predicted molar refractivity (Wildman–Crippen MR) is 140 cm³/mol. The fourth-order valence-electron chi connectivity index (χ4n) is 4.75. The van der Waals surface area contributed by atoms with E-state index in [2.05, 4.69) is 32.0 Å². The smallest absolute Gasteiger partial charge is 0.407 e. The first kappa shape index (κ1) is 25.2. The van der Waals surface area contributed by atoms with Crippen molar-refractivity contribution in [3.63, 3.8) is 0 Å². The Morgan fingerprint density at radius 3 is 2.84 bits per heavy atom. The van der Waals surface area contributed by atoms with Crippen molar-refractivity contribution in [2.24, 2.45) is 0 Å². The van der Waals surface area contributed by atoms with Crippen LogP contribution in [0.1, 0.15) is 39.7 Å². The molecule has 5 rings (SSSR count). The SMILES string of the molecule is CCn1c(-c2cnon2)nc2c(-c3cccc(Cl)c3)ncc(CN3CC[C@H](NC(=O)OC(C)(C)C)C3)c21. The van der Waals surface area contributed by atoms with Gasteiger partial charge in [-0.2, -0.15) is 0 Å². The minimum atomic E-state index is -0.528. The van der Waals surface area contributed by atoms with Gasteiger partial charge in [0.15, 0.2) is 11.5 Å². The van der Waals surface area contributed by atoms with Crippen LogP contribution in [0.2, 0.25) is 5.02 Å². The predicted octanol–water partition coefficient (Wildman–Crippen LogP) is 4.92. The van der Waals surface area contributed by atoms with Crippen LogP contribution in [0.3, 0.4) is 0 Å². The molecule has 1 fully saturated rings. The summed E-state index contributed by atoms with van der Waals surface area (Å²) in [6.07, 6.45) is 3.93. The van der Waals surface area contributed by atoms with Gasteiger partial charge in [-0.25, -0.2) is 14.4 Å². The quantitative estimate of drug-likeness (QED) is 0.379. The van der Waals surface area contributed by atoms with Gasteiger partial charge in [0.2, 0.25) is 0 Å². The van der Waals surface area contributed by atoms with Crippen LogP contribution >= 0.6 is 11.6 Å². The molecular formula is C26H30ClN7O3. The highest BCUT2D eigenvalue weighted by molar-refractivity contribution is 6.30. The first-order valence-electron chi connectivity index (χ1n) is 12.4. The second kappa shape index (κ2) is 10.1. The molecule has 4 heterocycles. The number of pyridine rings is 1. The van der Waals surface area contributed by atoms with Crippen LogP contribution in [-0.4, -0.2) is 60.6 Å². The van der Waals surface area contributed by atoms with Crippen molar-refractivity contribution in [3.8, 4) is 22.8 Å². The summed E-state index contributed by atoms with van der Waals surface area (Å²) in [6, 6.07) is 7.63. The fourth-order valence-corrected chi connectivity index (χ4v) is 4.94. The number of likely N-dealkylation sites (tertiary alicyclic amines) is 1. The maximum absolute atomic E-state index is 12.2. The Morgan fingerprint density at radius 1 is 1.30 bits per heavy atom. The number of nitrogens with one attached hydrogen (secondary N) is 1. The van der Waals surface area contributed by atoms with E-state index in [-0.39, 0.29) is 12.1 Å². The number of rotatable bonds is 6. The number of ether oxygens (including phenoxy) is 1. The van der Waals surface area contributed by atoms with Crippen LogP contribution in [0.25, 0.3) is 33.8 Å². The molecule has 1 aromatic carbocycles. The van der Waals surface area contributed by atoms with Crippen LogP contribution in [0.5, 0.6) is 0 Å². The zero-order chi connectivity index (χ0) is 26.2. The molecule has 0 saturated carbocycles. The summed E-state index contributed by atoms with van der Waals surface area (Å²) in [5.41, 5.74) is 4.45. The van der Waals surface area contributed by atoms with E-state index in [1.807, 2.05) is 51.2 Å². The Morgan fingerprint density at radius 2 is 2.14 bits per heavy atom. The third-order valence-corrected chi connectivity index (χ3v) is 6.47. The maximum atomic E-state index is 12.2. The average molecular weight is 524 g/mol. The number of imidazole rings is 1. The number of amides is 1. The van der Waals surface area contributed by atoms with E-state index in [9.17, 15) is 4.79 Å². The van der Waals surface area contributed by atoms with Gasteiger partial charge in [-0.1, -0.05) is 28.9 Å². The average Bonchev–Trinajstić information content (AvgIpc) is 3.58. The van der Waals surface area contributed by atoms with Crippen molar-refractivity contribution in [1.82, 2.24) is 35.1 Å². The number of aromatic nitrogens is 5. The summed E-state index contributed by atoms with van der Waals surface area (Å²) < 4.78 is 12.4. The van der Waals surface area contributed by atoms with Crippen LogP contribution in [0.4, 0.5) is 4.79 Å². The van der Waals surface area contributed by atoms with Crippen molar-refractivity contribution in [2.45, 2.75) is 58.8 Å². The molecule has 4 aromatic rings. The number of hydrogen-bond donors (Lipinski definition) is 1. The van der Waals surface area contributed by atoms with Gasteiger partial charge in [-0.15, -0.1) is 0 Å². The third kappa shape index (κ3) is 5.45. The number of aryl methyl sites for hydroxylation is 1. The highest BCUT2D eigenvalue weighted by Gasteiger charge is 2.28. The van der Waals surface area contributed by atoms with Gasteiger partial charge in [0.05, 0.1) is 11.2 Å². The molecule has 10 nitrogen and oxygen atoms in total. The summed E-state index contributed by atoms with van der Waals surface area (Å²) in [4.78, 5) is 24.3. The van der Waals surface area contributed by atoms with Crippen molar-refractivity contribution in [3.05, 3.63) is 47.2 Å². The number of benzene rings is 1. The molecule has 1 saturated heterocycles. The molecule has 0 aliphatic carbocycles. The first-order chi connectivity index (χ1) is 17.7. The minimum absolute atomic E-state index is 0.0249. The zero-order valence-corrected chi connectivity index (χ0v) is 22.1. The topological polar surface area (TPSA) is 111 Å². The normalized spacial score (nSPS) is 16.4. The third-order valence-electron chi connectivity index (χ3n) is 6.24. The highest BCUT2D eigenvalue weighted by atomic mass is 35.5. The second-order valence-electron chi connectivity index (χ2n) is 10.2. The molecule has 37 heavy (non-hydrogen) atoms. The largest absolute Gasteiger partial charge is 0.444 e. The zero-order valence-electron chi connectivity index (χ0n) is 21.4. The van der Waals surface area contributed by atoms with E-state index < -0.39 is 5.60 Å². The van der Waals surface area contributed by atoms with Crippen LogP contribution < -0.4 is 5.32 Å². The van der Waals surface area contributed by atoms with Crippen LogP contribution in [0, 0.1) is 0 Å².